The van der Waals surface area contributed by atoms with Crippen LogP contribution < -0.4 is 10.1 Å². The summed E-state index contributed by atoms with van der Waals surface area (Å²) in [5.41, 5.74) is -0.548. The standard InChI is InChI=1S/C25H26ClF3N2O3/c1-31(23(33)34-20-8-6-19(27)7-9-20)25(22(32)17-10-12-24(28,29)13-11-17)15-30-14-21(25)16-2-4-18(26)5-3-16/h2-9,17,21,30H,10-15H2,1H3/t21-,25+/m0/s1. The van der Waals surface area contributed by atoms with Gasteiger partial charge in [0.25, 0.3) is 0 Å². The molecule has 0 bridgehead atoms. The number of Topliss-reactive ketones (excluding diaryl/α,β-unsaturated/α-hetero) is 1. The van der Waals surface area contributed by atoms with Crippen LogP contribution in [0, 0.1) is 11.7 Å². The molecule has 1 N–H and O–H groups in total. The number of hydrogen-bond acceptors (Lipinski definition) is 4. The van der Waals surface area contributed by atoms with Crippen molar-refractivity contribution in [1.82, 2.24) is 10.2 Å². The Labute approximate surface area is 201 Å². The second kappa shape index (κ2) is 9.58. The minimum absolute atomic E-state index is 0.0573. The summed E-state index contributed by atoms with van der Waals surface area (Å²) >= 11 is 6.05. The number of alkyl halides is 2. The molecule has 9 heteroatoms. The molecule has 34 heavy (non-hydrogen) atoms. The Morgan fingerprint density at radius 3 is 2.29 bits per heavy atom. The van der Waals surface area contributed by atoms with Crippen molar-refractivity contribution in [3.8, 4) is 5.75 Å². The van der Waals surface area contributed by atoms with Crippen LogP contribution in [0.3, 0.4) is 0 Å². The van der Waals surface area contributed by atoms with Crippen molar-refractivity contribution >= 4 is 23.5 Å². The molecule has 0 spiro atoms. The molecule has 1 aliphatic carbocycles. The van der Waals surface area contributed by atoms with E-state index < -0.39 is 35.2 Å². The van der Waals surface area contributed by atoms with E-state index in [1.165, 1.54) is 36.2 Å². The number of nitrogens with zero attached hydrogens (tertiary/aromatic N) is 1. The van der Waals surface area contributed by atoms with Gasteiger partial charge in [0, 0.05) is 49.8 Å². The van der Waals surface area contributed by atoms with Gasteiger partial charge in [-0.2, -0.15) is 0 Å². The zero-order valence-electron chi connectivity index (χ0n) is 18.7. The summed E-state index contributed by atoms with van der Waals surface area (Å²) < 4.78 is 46.3. The van der Waals surface area contributed by atoms with Gasteiger partial charge in [0.1, 0.15) is 17.1 Å². The van der Waals surface area contributed by atoms with Gasteiger partial charge in [-0.25, -0.2) is 18.0 Å². The van der Waals surface area contributed by atoms with Crippen LogP contribution in [0.15, 0.2) is 48.5 Å². The largest absolute Gasteiger partial charge is 0.415 e. The maximum atomic E-state index is 14.0. The molecular formula is C25H26ClF3N2O3. The number of benzene rings is 2. The van der Waals surface area contributed by atoms with Crippen molar-refractivity contribution in [2.75, 3.05) is 20.1 Å². The fourth-order valence-electron chi connectivity index (χ4n) is 5.05. The zero-order chi connectivity index (χ0) is 24.5. The number of rotatable bonds is 5. The molecule has 1 amide bonds. The van der Waals surface area contributed by atoms with Crippen molar-refractivity contribution in [3.05, 3.63) is 64.9 Å². The predicted molar refractivity (Wildman–Crippen MR) is 122 cm³/mol. The molecule has 0 unspecified atom stereocenters. The molecule has 1 heterocycles. The van der Waals surface area contributed by atoms with Gasteiger partial charge in [-0.05, 0) is 54.8 Å². The van der Waals surface area contributed by atoms with Crippen LogP contribution in [0.4, 0.5) is 18.0 Å². The van der Waals surface area contributed by atoms with Gasteiger partial charge in [0.2, 0.25) is 5.92 Å². The first-order valence-corrected chi connectivity index (χ1v) is 11.6. The Balaban J connectivity index is 1.68. The molecule has 2 aromatic carbocycles. The Morgan fingerprint density at radius 1 is 1.06 bits per heavy atom. The third kappa shape index (κ3) is 4.79. The van der Waals surface area contributed by atoms with Crippen LogP contribution >= 0.6 is 11.6 Å². The number of hydrogen-bond donors (Lipinski definition) is 1. The minimum Gasteiger partial charge on any atom is -0.410 e. The van der Waals surface area contributed by atoms with E-state index in [2.05, 4.69) is 5.32 Å². The number of amides is 1. The fourth-order valence-corrected chi connectivity index (χ4v) is 5.18. The summed E-state index contributed by atoms with van der Waals surface area (Å²) in [6.45, 7) is 0.561. The average molecular weight is 495 g/mol. The van der Waals surface area contributed by atoms with E-state index in [-0.39, 0.29) is 43.8 Å². The molecule has 182 valence electrons. The van der Waals surface area contributed by atoms with Crippen molar-refractivity contribution in [1.29, 1.82) is 0 Å². The Kier molecular flexibility index (Phi) is 6.92. The lowest BCUT2D eigenvalue weighted by Gasteiger charge is -2.43. The van der Waals surface area contributed by atoms with E-state index >= 15 is 0 Å². The van der Waals surface area contributed by atoms with Crippen LogP contribution in [0.5, 0.6) is 5.75 Å². The van der Waals surface area contributed by atoms with Crippen molar-refractivity contribution in [2.45, 2.75) is 43.1 Å². The van der Waals surface area contributed by atoms with Gasteiger partial charge in [0.05, 0.1) is 0 Å². The van der Waals surface area contributed by atoms with Gasteiger partial charge in [-0.1, -0.05) is 23.7 Å². The highest BCUT2D eigenvalue weighted by atomic mass is 35.5. The molecule has 4 rings (SSSR count). The van der Waals surface area contributed by atoms with Gasteiger partial charge in [-0.3, -0.25) is 9.69 Å². The van der Waals surface area contributed by atoms with E-state index in [0.717, 1.165) is 5.56 Å². The number of likely N-dealkylation sites (N-methyl/N-ethyl adjacent to an activating group) is 1. The average Bonchev–Trinajstić information content (AvgIpc) is 3.26. The molecule has 0 radical (unpaired) electrons. The van der Waals surface area contributed by atoms with Gasteiger partial charge in [-0.15, -0.1) is 0 Å². The van der Waals surface area contributed by atoms with E-state index in [1.54, 1.807) is 24.3 Å². The SMILES string of the molecule is CN(C(=O)Oc1ccc(F)cc1)[C@]1(C(=O)C2CCC(F)(F)CC2)CNC[C@H]1c1ccc(Cl)cc1. The Morgan fingerprint density at radius 2 is 1.68 bits per heavy atom. The van der Waals surface area contributed by atoms with Crippen molar-refractivity contribution in [2.24, 2.45) is 5.92 Å². The van der Waals surface area contributed by atoms with Crippen LogP contribution in [0.1, 0.15) is 37.2 Å². The van der Waals surface area contributed by atoms with Gasteiger partial charge in [0.15, 0.2) is 5.78 Å². The monoisotopic (exact) mass is 494 g/mol. The summed E-state index contributed by atoms with van der Waals surface area (Å²) in [5, 5.41) is 3.75. The topological polar surface area (TPSA) is 58.6 Å². The van der Waals surface area contributed by atoms with Crippen molar-refractivity contribution in [3.63, 3.8) is 0 Å². The number of ether oxygens (including phenoxy) is 1. The van der Waals surface area contributed by atoms with E-state index in [9.17, 15) is 22.8 Å². The van der Waals surface area contributed by atoms with Crippen LogP contribution in [-0.4, -0.2) is 48.4 Å². The summed E-state index contributed by atoms with van der Waals surface area (Å²) in [6.07, 6.45) is -1.39. The molecule has 2 aliphatic rings. The maximum absolute atomic E-state index is 14.0. The number of nitrogens with one attached hydrogen (secondary N) is 1. The number of carbonyl (C=O) groups excluding carboxylic acids is 2. The lowest BCUT2D eigenvalue weighted by atomic mass is 9.70. The number of carbonyl (C=O) groups is 2. The second-order valence-electron chi connectivity index (χ2n) is 9.03. The highest BCUT2D eigenvalue weighted by Crippen LogP contribution is 2.44. The molecule has 0 aromatic heterocycles. The molecule has 1 aliphatic heterocycles. The lowest BCUT2D eigenvalue weighted by molar-refractivity contribution is -0.137. The van der Waals surface area contributed by atoms with Crippen molar-refractivity contribution < 1.29 is 27.5 Å². The molecule has 5 nitrogen and oxygen atoms in total. The Hall–Kier alpha value is -2.58. The molecule has 2 aromatic rings. The number of ketones is 1. The lowest BCUT2D eigenvalue weighted by Crippen LogP contribution is -2.62. The van der Waals surface area contributed by atoms with E-state index in [1.807, 2.05) is 0 Å². The minimum atomic E-state index is -2.78. The summed E-state index contributed by atoms with van der Waals surface area (Å²) in [4.78, 5) is 28.5. The predicted octanol–water partition coefficient (Wildman–Crippen LogP) is 5.43. The first-order valence-electron chi connectivity index (χ1n) is 11.2. The van der Waals surface area contributed by atoms with E-state index in [0.29, 0.717) is 11.6 Å². The molecule has 2 fully saturated rings. The van der Waals surface area contributed by atoms with Crippen LogP contribution in [-0.2, 0) is 4.79 Å². The highest BCUT2D eigenvalue weighted by Gasteiger charge is 2.57. The molecule has 2 atom stereocenters. The molecule has 1 saturated carbocycles. The summed E-state index contributed by atoms with van der Waals surface area (Å²) in [5.74, 6) is -4.42. The summed E-state index contributed by atoms with van der Waals surface area (Å²) in [6, 6.07) is 12.0. The molecular weight excluding hydrogens is 469 g/mol. The maximum Gasteiger partial charge on any atom is 0.415 e. The van der Waals surface area contributed by atoms with E-state index in [4.69, 9.17) is 16.3 Å². The highest BCUT2D eigenvalue weighted by molar-refractivity contribution is 6.30. The number of halogens is 4. The first-order chi connectivity index (χ1) is 16.1. The third-order valence-corrected chi connectivity index (χ3v) is 7.25. The summed E-state index contributed by atoms with van der Waals surface area (Å²) in [7, 11) is 1.48. The van der Waals surface area contributed by atoms with Crippen LogP contribution in [0.2, 0.25) is 5.02 Å². The van der Waals surface area contributed by atoms with Gasteiger partial charge >= 0.3 is 6.09 Å². The molecule has 1 saturated heterocycles. The third-order valence-electron chi connectivity index (χ3n) is 7.00. The zero-order valence-corrected chi connectivity index (χ0v) is 19.5. The second-order valence-corrected chi connectivity index (χ2v) is 9.47. The Bertz CT molecular complexity index is 1040. The smallest absolute Gasteiger partial charge is 0.410 e. The van der Waals surface area contributed by atoms with Crippen LogP contribution in [0.25, 0.3) is 0 Å². The van der Waals surface area contributed by atoms with Gasteiger partial charge < -0.3 is 10.1 Å². The quantitative estimate of drug-likeness (QED) is 0.602. The normalized spacial score (nSPS) is 24.6. The fraction of sp³-hybridized carbons (Fsp3) is 0.440. The first kappa shape index (κ1) is 24.5.